The molecule has 1 amide bonds. The topological polar surface area (TPSA) is 106 Å². The highest BCUT2D eigenvalue weighted by atomic mass is 127. The zero-order chi connectivity index (χ0) is 19.8. The van der Waals surface area contributed by atoms with Crippen molar-refractivity contribution in [1.82, 2.24) is 15.6 Å². The fourth-order valence-corrected chi connectivity index (χ4v) is 2.61. The lowest BCUT2D eigenvalue weighted by Crippen LogP contribution is -2.36. The summed E-state index contributed by atoms with van der Waals surface area (Å²) in [5, 5.41) is 6.42. The number of guanidine groups is 1. The van der Waals surface area contributed by atoms with Crippen LogP contribution in [0, 0.1) is 0 Å². The molecular formula is C21H24IN5O2. The lowest BCUT2D eigenvalue weighted by atomic mass is 10.1. The summed E-state index contributed by atoms with van der Waals surface area (Å²) < 4.78 is 5.55. The van der Waals surface area contributed by atoms with Gasteiger partial charge in [0.2, 0.25) is 11.8 Å². The van der Waals surface area contributed by atoms with E-state index in [4.69, 9.17) is 10.2 Å². The summed E-state index contributed by atoms with van der Waals surface area (Å²) in [4.78, 5) is 20.4. The van der Waals surface area contributed by atoms with Gasteiger partial charge in [-0.25, -0.2) is 9.98 Å². The summed E-state index contributed by atoms with van der Waals surface area (Å²) >= 11 is 0. The van der Waals surface area contributed by atoms with Crippen LogP contribution in [0.25, 0.3) is 11.5 Å². The number of oxazole rings is 1. The van der Waals surface area contributed by atoms with Crippen LogP contribution < -0.4 is 16.4 Å². The molecule has 0 saturated heterocycles. The molecule has 0 unspecified atom stereocenters. The zero-order valence-corrected chi connectivity index (χ0v) is 18.4. The average molecular weight is 505 g/mol. The van der Waals surface area contributed by atoms with Crippen molar-refractivity contribution in [3.8, 4) is 11.5 Å². The smallest absolute Gasteiger partial charge is 0.248 e. The maximum absolute atomic E-state index is 11.3. The first kappa shape index (κ1) is 22.4. The van der Waals surface area contributed by atoms with E-state index in [-0.39, 0.29) is 24.0 Å². The zero-order valence-electron chi connectivity index (χ0n) is 16.1. The number of aliphatic imine (C=N–C) groups is 1. The van der Waals surface area contributed by atoms with Gasteiger partial charge in [0.25, 0.3) is 0 Å². The highest BCUT2D eigenvalue weighted by molar-refractivity contribution is 14.0. The monoisotopic (exact) mass is 505 g/mol. The van der Waals surface area contributed by atoms with Crippen LogP contribution in [0.15, 0.2) is 70.3 Å². The molecule has 3 aromatic rings. The van der Waals surface area contributed by atoms with Crippen molar-refractivity contribution >= 4 is 35.8 Å². The van der Waals surface area contributed by atoms with Crippen molar-refractivity contribution in [3.05, 3.63) is 77.7 Å². The molecule has 152 valence electrons. The average Bonchev–Trinajstić information content (AvgIpc) is 3.20. The Labute approximate surface area is 186 Å². The minimum atomic E-state index is -0.448. The second-order valence-corrected chi connectivity index (χ2v) is 6.12. The fraction of sp³-hybridized carbons (Fsp3) is 0.190. The second kappa shape index (κ2) is 11.2. The predicted molar refractivity (Wildman–Crippen MR) is 124 cm³/mol. The molecule has 8 heteroatoms. The molecule has 0 spiro atoms. The van der Waals surface area contributed by atoms with E-state index in [1.807, 2.05) is 43.3 Å². The van der Waals surface area contributed by atoms with Crippen molar-refractivity contribution in [2.45, 2.75) is 20.0 Å². The Morgan fingerprint density at radius 2 is 1.93 bits per heavy atom. The third-order valence-corrected chi connectivity index (χ3v) is 3.98. The number of nitrogens with zero attached hydrogens (tertiary/aromatic N) is 2. The van der Waals surface area contributed by atoms with Gasteiger partial charge in [0, 0.05) is 17.7 Å². The van der Waals surface area contributed by atoms with Gasteiger partial charge in [-0.15, -0.1) is 24.0 Å². The Kier molecular flexibility index (Phi) is 8.66. The van der Waals surface area contributed by atoms with Gasteiger partial charge in [0.05, 0.1) is 18.8 Å². The van der Waals surface area contributed by atoms with Crippen molar-refractivity contribution in [3.63, 3.8) is 0 Å². The van der Waals surface area contributed by atoms with Gasteiger partial charge >= 0.3 is 0 Å². The van der Waals surface area contributed by atoms with Crippen LogP contribution in [0.2, 0.25) is 0 Å². The molecule has 29 heavy (non-hydrogen) atoms. The van der Waals surface area contributed by atoms with Crippen LogP contribution in [0.1, 0.15) is 28.5 Å². The summed E-state index contributed by atoms with van der Waals surface area (Å²) in [5.74, 6) is 0.787. The predicted octanol–water partition coefficient (Wildman–Crippen LogP) is 3.31. The molecule has 0 fully saturated rings. The minimum absolute atomic E-state index is 0. The maximum atomic E-state index is 11.3. The molecule has 0 aliphatic rings. The molecule has 0 atom stereocenters. The van der Waals surface area contributed by atoms with E-state index in [1.54, 1.807) is 24.5 Å². The molecule has 0 bridgehead atoms. The highest BCUT2D eigenvalue weighted by Gasteiger charge is 2.07. The van der Waals surface area contributed by atoms with Crippen LogP contribution in [0.3, 0.4) is 0 Å². The minimum Gasteiger partial charge on any atom is -0.444 e. The van der Waals surface area contributed by atoms with Gasteiger partial charge in [0.1, 0.15) is 6.26 Å². The van der Waals surface area contributed by atoms with Gasteiger partial charge in [0.15, 0.2) is 5.96 Å². The van der Waals surface area contributed by atoms with Crippen LogP contribution in [0.4, 0.5) is 0 Å². The van der Waals surface area contributed by atoms with E-state index < -0.39 is 5.91 Å². The lowest BCUT2D eigenvalue weighted by Gasteiger charge is -2.10. The number of halogens is 1. The molecule has 4 N–H and O–H groups in total. The van der Waals surface area contributed by atoms with E-state index in [1.165, 1.54) is 0 Å². The van der Waals surface area contributed by atoms with Crippen molar-refractivity contribution in [2.75, 3.05) is 6.54 Å². The molecule has 0 saturated carbocycles. The Bertz CT molecular complexity index is 956. The molecule has 1 heterocycles. The van der Waals surface area contributed by atoms with Crippen molar-refractivity contribution in [1.29, 1.82) is 0 Å². The number of aromatic nitrogens is 1. The third kappa shape index (κ3) is 6.60. The van der Waals surface area contributed by atoms with Gasteiger partial charge in [-0.1, -0.05) is 30.3 Å². The van der Waals surface area contributed by atoms with E-state index in [9.17, 15) is 4.79 Å². The molecular weight excluding hydrogens is 481 g/mol. The van der Waals surface area contributed by atoms with E-state index in [0.29, 0.717) is 30.5 Å². The number of hydrogen-bond donors (Lipinski definition) is 3. The summed E-state index contributed by atoms with van der Waals surface area (Å²) in [5.41, 5.74) is 8.42. The number of hydrogen-bond acceptors (Lipinski definition) is 4. The molecule has 0 radical (unpaired) electrons. The van der Waals surface area contributed by atoms with Crippen LogP contribution in [-0.2, 0) is 13.1 Å². The SMILES string of the molecule is CCNC(=NCc1cccc(C(N)=O)c1)NCc1coc(-c2ccccc2)n1.I. The standard InChI is InChI=1S/C21H23N5O2.HI/c1-2-23-21(24-12-15-7-6-10-17(11-15)19(22)27)25-13-18-14-28-20(26-18)16-8-4-3-5-9-16;/h3-11,14H,2,12-13H2,1H3,(H2,22,27)(H2,23,24,25);1H. The number of carbonyl (C=O) groups excluding carboxylic acids is 1. The summed E-state index contributed by atoms with van der Waals surface area (Å²) in [6.45, 7) is 3.61. The third-order valence-electron chi connectivity index (χ3n) is 3.98. The molecule has 2 aromatic carbocycles. The second-order valence-electron chi connectivity index (χ2n) is 6.12. The highest BCUT2D eigenvalue weighted by Crippen LogP contribution is 2.17. The Morgan fingerprint density at radius 3 is 2.66 bits per heavy atom. The van der Waals surface area contributed by atoms with Crippen LogP contribution in [0.5, 0.6) is 0 Å². The van der Waals surface area contributed by atoms with Crippen LogP contribution >= 0.6 is 24.0 Å². The first-order valence-electron chi connectivity index (χ1n) is 9.06. The molecule has 1 aromatic heterocycles. The Hall–Kier alpha value is -2.88. The number of amides is 1. The van der Waals surface area contributed by atoms with E-state index in [2.05, 4.69) is 20.6 Å². The summed E-state index contributed by atoms with van der Waals surface area (Å²) in [6.07, 6.45) is 1.63. The largest absolute Gasteiger partial charge is 0.444 e. The fourth-order valence-electron chi connectivity index (χ4n) is 2.61. The number of nitrogens with two attached hydrogens (primary N) is 1. The van der Waals surface area contributed by atoms with Crippen LogP contribution in [-0.4, -0.2) is 23.4 Å². The molecule has 0 aliphatic carbocycles. The Morgan fingerprint density at radius 1 is 1.14 bits per heavy atom. The Balaban J connectivity index is 0.00000300. The van der Waals surface area contributed by atoms with Crippen molar-refractivity contribution < 1.29 is 9.21 Å². The summed E-state index contributed by atoms with van der Waals surface area (Å²) in [7, 11) is 0. The van der Waals surface area contributed by atoms with Gasteiger partial charge in [-0.3, -0.25) is 4.79 Å². The number of primary amides is 1. The first-order valence-corrected chi connectivity index (χ1v) is 9.06. The first-order chi connectivity index (χ1) is 13.7. The van der Waals surface area contributed by atoms with Gasteiger partial charge < -0.3 is 20.8 Å². The van der Waals surface area contributed by atoms with Crippen molar-refractivity contribution in [2.24, 2.45) is 10.7 Å². The lowest BCUT2D eigenvalue weighted by molar-refractivity contribution is 0.1000. The van der Waals surface area contributed by atoms with Gasteiger partial charge in [-0.2, -0.15) is 0 Å². The molecule has 3 rings (SSSR count). The number of benzene rings is 2. The molecule has 7 nitrogen and oxygen atoms in total. The number of carbonyl (C=O) groups is 1. The van der Waals surface area contributed by atoms with Gasteiger partial charge in [-0.05, 0) is 36.8 Å². The normalized spacial score (nSPS) is 10.9. The molecule has 0 aliphatic heterocycles. The van der Waals surface area contributed by atoms with E-state index in [0.717, 1.165) is 23.4 Å². The number of rotatable bonds is 7. The maximum Gasteiger partial charge on any atom is 0.248 e. The number of nitrogens with one attached hydrogen (secondary N) is 2. The van der Waals surface area contributed by atoms with E-state index >= 15 is 0 Å². The summed E-state index contributed by atoms with van der Waals surface area (Å²) in [6, 6.07) is 16.9. The quantitative estimate of drug-likeness (QED) is 0.260.